The number of aromatic nitrogens is 1. The van der Waals surface area contributed by atoms with Crippen LogP contribution in [-0.2, 0) is 6.54 Å². The van der Waals surface area contributed by atoms with Crippen LogP contribution in [0.15, 0.2) is 60.9 Å². The monoisotopic (exact) mass is 276 g/mol. The van der Waals surface area contributed by atoms with E-state index in [9.17, 15) is 4.79 Å². The molecule has 0 amide bonds. The number of hydrogen-bond acceptors (Lipinski definition) is 1. The van der Waals surface area contributed by atoms with Crippen molar-refractivity contribution in [1.82, 2.24) is 0 Å². The quantitative estimate of drug-likeness (QED) is 0.528. The molecule has 0 saturated carbocycles. The van der Waals surface area contributed by atoms with Gasteiger partial charge in [-0.25, -0.2) is 0 Å². The van der Waals surface area contributed by atoms with E-state index >= 15 is 0 Å². The van der Waals surface area contributed by atoms with Crippen LogP contribution in [0, 0.1) is 13.8 Å². The maximum Gasteiger partial charge on any atom is 0.227 e. The minimum atomic E-state index is 0.150. The molecule has 0 aliphatic heterocycles. The Labute approximate surface area is 124 Å². The van der Waals surface area contributed by atoms with Crippen LogP contribution in [0.1, 0.15) is 21.5 Å². The molecule has 104 valence electrons. The van der Waals surface area contributed by atoms with Crippen molar-refractivity contribution in [2.75, 3.05) is 0 Å². The van der Waals surface area contributed by atoms with Gasteiger partial charge < -0.3 is 0 Å². The molecule has 0 bridgehead atoms. The molecule has 0 radical (unpaired) electrons. The molecule has 2 nitrogen and oxygen atoms in total. The number of Topliss-reactive ketones (excluding diaryl/α,β-unsaturated/α-hetero) is 1. The fourth-order valence-corrected chi connectivity index (χ4v) is 2.56. The van der Waals surface area contributed by atoms with E-state index in [0.717, 1.165) is 22.1 Å². The average molecular weight is 276 g/mol. The lowest BCUT2D eigenvalue weighted by molar-refractivity contribution is -0.681. The lowest BCUT2D eigenvalue weighted by Gasteiger charge is -2.04. The highest BCUT2D eigenvalue weighted by Crippen LogP contribution is 2.12. The lowest BCUT2D eigenvalue weighted by atomic mass is 10.0. The topological polar surface area (TPSA) is 20.9 Å². The third kappa shape index (κ3) is 2.84. The van der Waals surface area contributed by atoms with Crippen molar-refractivity contribution in [2.45, 2.75) is 20.4 Å². The summed E-state index contributed by atoms with van der Waals surface area (Å²) in [6, 6.07) is 16.2. The van der Waals surface area contributed by atoms with E-state index in [1.54, 1.807) is 0 Å². The maximum atomic E-state index is 12.5. The van der Waals surface area contributed by atoms with Crippen molar-refractivity contribution in [1.29, 1.82) is 0 Å². The van der Waals surface area contributed by atoms with Gasteiger partial charge in [0.05, 0.1) is 0 Å². The molecule has 1 aromatic heterocycles. The van der Waals surface area contributed by atoms with Crippen LogP contribution < -0.4 is 4.57 Å². The molecule has 0 spiro atoms. The van der Waals surface area contributed by atoms with Crippen LogP contribution in [0.4, 0.5) is 0 Å². The third-order valence-corrected chi connectivity index (χ3v) is 3.77. The van der Waals surface area contributed by atoms with Crippen molar-refractivity contribution in [3.63, 3.8) is 0 Å². The number of hydrogen-bond donors (Lipinski definition) is 0. The minimum absolute atomic E-state index is 0.150. The Morgan fingerprint density at radius 3 is 2.57 bits per heavy atom. The van der Waals surface area contributed by atoms with Crippen LogP contribution in [0.3, 0.4) is 0 Å². The van der Waals surface area contributed by atoms with E-state index < -0.39 is 0 Å². The van der Waals surface area contributed by atoms with E-state index in [-0.39, 0.29) is 5.78 Å². The molecular weight excluding hydrogens is 258 g/mol. The van der Waals surface area contributed by atoms with Gasteiger partial charge in [0.15, 0.2) is 12.4 Å². The van der Waals surface area contributed by atoms with Gasteiger partial charge in [-0.2, -0.15) is 4.57 Å². The highest BCUT2D eigenvalue weighted by Gasteiger charge is 2.14. The second-order valence-electron chi connectivity index (χ2n) is 5.49. The highest BCUT2D eigenvalue weighted by atomic mass is 16.1. The number of ketones is 1. The third-order valence-electron chi connectivity index (χ3n) is 3.77. The van der Waals surface area contributed by atoms with Gasteiger partial charge in [0.2, 0.25) is 12.3 Å². The molecule has 3 aromatic rings. The minimum Gasteiger partial charge on any atom is -0.287 e. The predicted molar refractivity (Wildman–Crippen MR) is 84.4 cm³/mol. The molecule has 0 aliphatic rings. The fraction of sp³-hybridized carbons (Fsp3) is 0.158. The van der Waals surface area contributed by atoms with Gasteiger partial charge in [-0.05, 0) is 36.9 Å². The summed E-state index contributed by atoms with van der Waals surface area (Å²) >= 11 is 0. The Kier molecular flexibility index (Phi) is 3.53. The number of carbonyl (C=O) groups excluding carboxylic acids is 1. The van der Waals surface area contributed by atoms with E-state index in [4.69, 9.17) is 0 Å². The molecule has 0 N–H and O–H groups in total. The molecule has 0 saturated heterocycles. The molecule has 2 aromatic carbocycles. The van der Waals surface area contributed by atoms with Crippen LogP contribution in [0.25, 0.3) is 10.8 Å². The number of pyridine rings is 1. The lowest BCUT2D eigenvalue weighted by Crippen LogP contribution is -2.37. The zero-order valence-electron chi connectivity index (χ0n) is 12.3. The number of carbonyl (C=O) groups is 1. The molecular formula is C19H18NO+. The zero-order valence-corrected chi connectivity index (χ0v) is 12.3. The van der Waals surface area contributed by atoms with Crippen molar-refractivity contribution >= 4 is 16.6 Å². The standard InChI is InChI=1S/C19H18NO/c1-14-7-8-15(2)18(11-14)19(21)13-20-10-9-16-5-3-4-6-17(16)12-20/h3-12H,13H2,1-2H3/q+1. The second-order valence-corrected chi connectivity index (χ2v) is 5.49. The summed E-state index contributed by atoms with van der Waals surface area (Å²) in [5, 5.41) is 2.33. The van der Waals surface area contributed by atoms with Crippen LogP contribution in [0.5, 0.6) is 0 Å². The van der Waals surface area contributed by atoms with E-state index in [0.29, 0.717) is 6.54 Å². The van der Waals surface area contributed by atoms with Crippen LogP contribution in [-0.4, -0.2) is 5.78 Å². The highest BCUT2D eigenvalue weighted by molar-refractivity contribution is 5.96. The Hall–Kier alpha value is -2.48. The first kappa shape index (κ1) is 13.5. The SMILES string of the molecule is Cc1ccc(C)c(C(=O)C[n+]2ccc3ccccc3c2)c1. The Balaban J connectivity index is 1.90. The number of fused-ring (bicyclic) bond motifs is 1. The molecule has 3 rings (SSSR count). The number of nitrogens with zero attached hydrogens (tertiary/aromatic N) is 1. The van der Waals surface area contributed by atoms with Gasteiger partial charge in [0.25, 0.3) is 0 Å². The normalized spacial score (nSPS) is 10.8. The summed E-state index contributed by atoms with van der Waals surface area (Å²) in [7, 11) is 0. The number of benzene rings is 2. The van der Waals surface area contributed by atoms with Crippen LogP contribution in [0.2, 0.25) is 0 Å². The van der Waals surface area contributed by atoms with Crippen molar-refractivity contribution in [2.24, 2.45) is 0 Å². The Bertz CT molecular complexity index is 821. The van der Waals surface area contributed by atoms with Gasteiger partial charge >= 0.3 is 0 Å². The summed E-state index contributed by atoms with van der Waals surface area (Å²) in [6.07, 6.45) is 3.99. The molecule has 0 unspecified atom stereocenters. The van der Waals surface area contributed by atoms with Crippen molar-refractivity contribution in [3.8, 4) is 0 Å². The van der Waals surface area contributed by atoms with Gasteiger partial charge in [-0.1, -0.05) is 35.9 Å². The first-order chi connectivity index (χ1) is 10.1. The Morgan fingerprint density at radius 1 is 1.00 bits per heavy atom. The van der Waals surface area contributed by atoms with E-state index in [1.165, 1.54) is 5.39 Å². The summed E-state index contributed by atoms with van der Waals surface area (Å²) < 4.78 is 1.95. The first-order valence-corrected chi connectivity index (χ1v) is 7.12. The molecule has 0 atom stereocenters. The Morgan fingerprint density at radius 2 is 1.76 bits per heavy atom. The van der Waals surface area contributed by atoms with Crippen LogP contribution >= 0.6 is 0 Å². The van der Waals surface area contributed by atoms with E-state index in [2.05, 4.69) is 12.1 Å². The van der Waals surface area contributed by atoms with Gasteiger partial charge in [0, 0.05) is 17.0 Å². The molecule has 0 aliphatic carbocycles. The molecule has 1 heterocycles. The predicted octanol–water partition coefficient (Wildman–Crippen LogP) is 3.63. The second kappa shape index (κ2) is 5.49. The smallest absolute Gasteiger partial charge is 0.227 e. The molecule has 21 heavy (non-hydrogen) atoms. The largest absolute Gasteiger partial charge is 0.287 e. The fourth-order valence-electron chi connectivity index (χ4n) is 2.56. The summed E-state index contributed by atoms with van der Waals surface area (Å²) in [4.78, 5) is 12.5. The summed E-state index contributed by atoms with van der Waals surface area (Å²) in [5.41, 5.74) is 2.97. The zero-order chi connectivity index (χ0) is 14.8. The van der Waals surface area contributed by atoms with Crippen molar-refractivity contribution in [3.05, 3.63) is 77.6 Å². The first-order valence-electron chi connectivity index (χ1n) is 7.12. The van der Waals surface area contributed by atoms with Gasteiger partial charge in [-0.15, -0.1) is 0 Å². The summed E-state index contributed by atoms with van der Waals surface area (Å²) in [6.45, 7) is 4.37. The maximum absolute atomic E-state index is 12.5. The van der Waals surface area contributed by atoms with E-state index in [1.807, 2.05) is 67.2 Å². The van der Waals surface area contributed by atoms with Crippen molar-refractivity contribution < 1.29 is 9.36 Å². The van der Waals surface area contributed by atoms with Gasteiger partial charge in [-0.3, -0.25) is 4.79 Å². The summed E-state index contributed by atoms with van der Waals surface area (Å²) in [5.74, 6) is 0.150. The number of aryl methyl sites for hydroxylation is 2. The average Bonchev–Trinajstić information content (AvgIpc) is 2.49. The number of rotatable bonds is 3. The van der Waals surface area contributed by atoms with Gasteiger partial charge in [0.1, 0.15) is 0 Å². The molecule has 2 heteroatoms. The molecule has 0 fully saturated rings.